The Labute approximate surface area is 83.7 Å². The van der Waals surface area contributed by atoms with Crippen LogP contribution in [0.1, 0.15) is 40.5 Å². The van der Waals surface area contributed by atoms with Crippen molar-refractivity contribution in [2.45, 2.75) is 52.7 Å². The summed E-state index contributed by atoms with van der Waals surface area (Å²) in [6.45, 7) is 9.71. The highest BCUT2D eigenvalue weighted by Crippen LogP contribution is 2.66. The van der Waals surface area contributed by atoms with E-state index in [1.165, 1.54) is 7.28 Å². The first-order valence-electron chi connectivity index (χ1n) is 6.07. The van der Waals surface area contributed by atoms with Crippen LogP contribution in [0.25, 0.3) is 0 Å². The minimum atomic E-state index is 0.836. The molecule has 2 fully saturated rings. The van der Waals surface area contributed by atoms with Crippen LogP contribution in [0.4, 0.5) is 0 Å². The molecule has 1 heterocycles. The second-order valence-corrected chi connectivity index (χ2v) is 6.08. The zero-order chi connectivity index (χ0) is 9.64. The summed E-state index contributed by atoms with van der Waals surface area (Å²) in [4.78, 5) is 0. The SMILES string of the molecule is CC(C)C1BCC2(CC2)C1C(C)C. The summed E-state index contributed by atoms with van der Waals surface area (Å²) in [6, 6.07) is 0. The molecule has 0 bridgehead atoms. The number of hydrogen-bond acceptors (Lipinski definition) is 0. The first-order chi connectivity index (χ1) is 6.07. The predicted octanol–water partition coefficient (Wildman–Crippen LogP) is 3.35. The molecule has 1 spiro atoms. The van der Waals surface area contributed by atoms with Gasteiger partial charge in [-0.1, -0.05) is 45.8 Å². The van der Waals surface area contributed by atoms with Gasteiger partial charge >= 0.3 is 0 Å². The van der Waals surface area contributed by atoms with E-state index in [4.69, 9.17) is 0 Å². The third-order valence-electron chi connectivity index (χ3n) is 4.61. The molecule has 2 unspecified atom stereocenters. The average Bonchev–Trinajstić information content (AvgIpc) is 2.61. The van der Waals surface area contributed by atoms with Crippen LogP contribution in [-0.4, -0.2) is 7.28 Å². The van der Waals surface area contributed by atoms with Crippen LogP contribution >= 0.6 is 0 Å². The van der Waals surface area contributed by atoms with Gasteiger partial charge in [0.25, 0.3) is 0 Å². The van der Waals surface area contributed by atoms with Crippen molar-refractivity contribution in [1.29, 1.82) is 0 Å². The first-order valence-corrected chi connectivity index (χ1v) is 6.07. The lowest BCUT2D eigenvalue weighted by Gasteiger charge is -2.31. The van der Waals surface area contributed by atoms with Crippen LogP contribution in [0.15, 0.2) is 0 Å². The molecule has 0 amide bonds. The molecule has 1 heteroatoms. The highest BCUT2D eigenvalue weighted by Gasteiger charge is 2.57. The van der Waals surface area contributed by atoms with E-state index >= 15 is 0 Å². The lowest BCUT2D eigenvalue weighted by atomic mass is 9.59. The van der Waals surface area contributed by atoms with E-state index in [2.05, 4.69) is 27.7 Å². The Morgan fingerprint density at radius 2 is 1.69 bits per heavy atom. The van der Waals surface area contributed by atoms with E-state index in [9.17, 15) is 0 Å². The largest absolute Gasteiger partial charge is 0.125 e. The molecular formula is C12H23B. The monoisotopic (exact) mass is 178 g/mol. The Morgan fingerprint density at radius 3 is 2.08 bits per heavy atom. The fraction of sp³-hybridized carbons (Fsp3) is 1.00. The molecule has 1 aliphatic heterocycles. The van der Waals surface area contributed by atoms with Crippen molar-refractivity contribution in [2.75, 3.05) is 0 Å². The summed E-state index contributed by atoms with van der Waals surface area (Å²) in [5.74, 6) is 3.90. The van der Waals surface area contributed by atoms with Crippen molar-refractivity contribution in [3.63, 3.8) is 0 Å². The fourth-order valence-corrected chi connectivity index (χ4v) is 3.95. The minimum absolute atomic E-state index is 0.836. The molecule has 2 rings (SSSR count). The molecule has 1 aliphatic carbocycles. The maximum absolute atomic E-state index is 2.44. The normalized spacial score (nSPS) is 35.8. The van der Waals surface area contributed by atoms with Gasteiger partial charge in [0, 0.05) is 0 Å². The molecule has 0 aromatic heterocycles. The molecule has 0 aromatic carbocycles. The van der Waals surface area contributed by atoms with E-state index < -0.39 is 0 Å². The Kier molecular flexibility index (Phi) is 2.24. The smallest absolute Gasteiger partial charge is 0.0713 e. The second kappa shape index (κ2) is 3.03. The zero-order valence-corrected chi connectivity index (χ0v) is 9.64. The van der Waals surface area contributed by atoms with Gasteiger partial charge in [-0.3, -0.25) is 0 Å². The quantitative estimate of drug-likeness (QED) is 0.569. The highest BCUT2D eigenvalue weighted by atomic mass is 14.6. The summed E-state index contributed by atoms with van der Waals surface area (Å²) in [5.41, 5.74) is 0.836. The molecule has 1 saturated carbocycles. The van der Waals surface area contributed by atoms with E-state index in [1.54, 1.807) is 19.2 Å². The predicted molar refractivity (Wildman–Crippen MR) is 60.5 cm³/mol. The van der Waals surface area contributed by atoms with Crippen molar-refractivity contribution >= 4 is 7.28 Å². The topological polar surface area (TPSA) is 0 Å². The van der Waals surface area contributed by atoms with Crippen molar-refractivity contribution in [2.24, 2.45) is 23.2 Å². The molecule has 2 aliphatic rings. The van der Waals surface area contributed by atoms with Crippen molar-refractivity contribution in [1.82, 2.24) is 0 Å². The molecule has 0 radical (unpaired) electrons. The van der Waals surface area contributed by atoms with Gasteiger partial charge in [0.15, 0.2) is 0 Å². The van der Waals surface area contributed by atoms with Gasteiger partial charge in [-0.25, -0.2) is 0 Å². The average molecular weight is 178 g/mol. The van der Waals surface area contributed by atoms with Crippen LogP contribution in [-0.2, 0) is 0 Å². The van der Waals surface area contributed by atoms with Crippen LogP contribution < -0.4 is 0 Å². The van der Waals surface area contributed by atoms with E-state index in [0.717, 1.165) is 29.0 Å². The number of hydrogen-bond donors (Lipinski definition) is 0. The first kappa shape index (κ1) is 9.61. The standard InChI is InChI=1S/C12H23B/c1-8(2)10-11(9(3)4)13-7-12(10)5-6-12/h8-11,13H,5-7H2,1-4H3. The molecule has 2 atom stereocenters. The minimum Gasteiger partial charge on any atom is -0.0713 e. The Balaban J connectivity index is 2.14. The molecule has 0 aromatic rings. The Hall–Kier alpha value is 0.0649. The maximum atomic E-state index is 2.44. The summed E-state index contributed by atoms with van der Waals surface area (Å²) >= 11 is 0. The molecule has 74 valence electrons. The summed E-state index contributed by atoms with van der Waals surface area (Å²) in [6.07, 6.45) is 4.62. The maximum Gasteiger partial charge on any atom is 0.125 e. The second-order valence-electron chi connectivity index (χ2n) is 6.08. The van der Waals surface area contributed by atoms with E-state index in [0.29, 0.717) is 0 Å². The summed E-state index contributed by atoms with van der Waals surface area (Å²) < 4.78 is 0. The van der Waals surface area contributed by atoms with Gasteiger partial charge in [-0.15, -0.1) is 0 Å². The van der Waals surface area contributed by atoms with E-state index in [-0.39, 0.29) is 0 Å². The van der Waals surface area contributed by atoms with Gasteiger partial charge in [-0.2, -0.15) is 0 Å². The summed E-state index contributed by atoms with van der Waals surface area (Å²) in [5, 5.41) is 0. The molecular weight excluding hydrogens is 155 g/mol. The lowest BCUT2D eigenvalue weighted by Crippen LogP contribution is -2.22. The van der Waals surface area contributed by atoms with Crippen LogP contribution in [0.2, 0.25) is 12.1 Å². The Morgan fingerprint density at radius 1 is 1.08 bits per heavy atom. The van der Waals surface area contributed by atoms with Crippen molar-refractivity contribution < 1.29 is 0 Å². The summed E-state index contributed by atoms with van der Waals surface area (Å²) in [7, 11) is 1.51. The van der Waals surface area contributed by atoms with Gasteiger partial charge in [-0.05, 0) is 30.1 Å². The Bertz CT molecular complexity index is 191. The van der Waals surface area contributed by atoms with Gasteiger partial charge in [0.1, 0.15) is 7.28 Å². The van der Waals surface area contributed by atoms with Gasteiger partial charge in [0.05, 0.1) is 0 Å². The molecule has 13 heavy (non-hydrogen) atoms. The van der Waals surface area contributed by atoms with Crippen LogP contribution in [0, 0.1) is 23.2 Å². The van der Waals surface area contributed by atoms with Crippen LogP contribution in [0.5, 0.6) is 0 Å². The fourth-order valence-electron chi connectivity index (χ4n) is 3.95. The molecule has 0 N–H and O–H groups in total. The molecule has 1 saturated heterocycles. The molecule has 0 nitrogen and oxygen atoms in total. The van der Waals surface area contributed by atoms with Gasteiger partial charge in [0.2, 0.25) is 0 Å². The van der Waals surface area contributed by atoms with Crippen molar-refractivity contribution in [3.05, 3.63) is 0 Å². The van der Waals surface area contributed by atoms with Crippen LogP contribution in [0.3, 0.4) is 0 Å². The zero-order valence-electron chi connectivity index (χ0n) is 9.64. The van der Waals surface area contributed by atoms with E-state index in [1.807, 2.05) is 0 Å². The van der Waals surface area contributed by atoms with Gasteiger partial charge < -0.3 is 0 Å². The van der Waals surface area contributed by atoms with Crippen molar-refractivity contribution in [3.8, 4) is 0 Å². The number of rotatable bonds is 2. The lowest BCUT2D eigenvalue weighted by molar-refractivity contribution is 0.233. The highest BCUT2D eigenvalue weighted by molar-refractivity contribution is 6.39. The third kappa shape index (κ3) is 1.45. The third-order valence-corrected chi connectivity index (χ3v) is 4.61.